The summed E-state index contributed by atoms with van der Waals surface area (Å²) in [6.45, 7) is 2.65. The number of benzene rings is 2. The molecular formula is C20H20Cl2N4O. The summed E-state index contributed by atoms with van der Waals surface area (Å²) >= 11 is 12.2. The van der Waals surface area contributed by atoms with E-state index in [4.69, 9.17) is 23.2 Å². The predicted molar refractivity (Wildman–Crippen MR) is 109 cm³/mol. The summed E-state index contributed by atoms with van der Waals surface area (Å²) in [5, 5.41) is 11.7. The fourth-order valence-corrected chi connectivity index (χ4v) is 3.25. The van der Waals surface area contributed by atoms with Gasteiger partial charge in [0, 0.05) is 22.2 Å². The van der Waals surface area contributed by atoms with E-state index in [0.717, 1.165) is 11.1 Å². The van der Waals surface area contributed by atoms with Gasteiger partial charge in [0.1, 0.15) is 5.82 Å². The van der Waals surface area contributed by atoms with Crippen LogP contribution in [0.1, 0.15) is 24.1 Å². The lowest BCUT2D eigenvalue weighted by Gasteiger charge is -2.16. The summed E-state index contributed by atoms with van der Waals surface area (Å²) in [4.78, 5) is 12.3. The number of halogens is 2. The van der Waals surface area contributed by atoms with Crippen LogP contribution in [0.15, 0.2) is 60.8 Å². The average Bonchev–Trinajstić information content (AvgIpc) is 3.06. The number of carbonyl (C=O) groups excluding carboxylic acids is 1. The van der Waals surface area contributed by atoms with Gasteiger partial charge < -0.3 is 10.6 Å². The third kappa shape index (κ3) is 5.32. The van der Waals surface area contributed by atoms with Crippen LogP contribution in [0, 0.1) is 0 Å². The topological polar surface area (TPSA) is 59.0 Å². The first-order valence-corrected chi connectivity index (χ1v) is 9.32. The summed E-state index contributed by atoms with van der Waals surface area (Å²) in [6, 6.07) is 16.9. The van der Waals surface area contributed by atoms with Crippen molar-refractivity contribution in [3.63, 3.8) is 0 Å². The van der Waals surface area contributed by atoms with Crippen molar-refractivity contribution >= 4 is 34.9 Å². The Balaban J connectivity index is 1.57. The van der Waals surface area contributed by atoms with Gasteiger partial charge >= 0.3 is 0 Å². The first-order valence-electron chi connectivity index (χ1n) is 8.57. The van der Waals surface area contributed by atoms with Crippen molar-refractivity contribution in [1.82, 2.24) is 15.1 Å². The third-order valence-electron chi connectivity index (χ3n) is 4.15. The van der Waals surface area contributed by atoms with Crippen LogP contribution in [-0.4, -0.2) is 22.2 Å². The van der Waals surface area contributed by atoms with E-state index >= 15 is 0 Å². The zero-order chi connectivity index (χ0) is 19.2. The molecule has 3 aromatic rings. The molecular weight excluding hydrogens is 383 g/mol. The highest BCUT2D eigenvalue weighted by molar-refractivity contribution is 6.31. The number of nitrogens with one attached hydrogen (secondary N) is 2. The van der Waals surface area contributed by atoms with Gasteiger partial charge in [-0.2, -0.15) is 5.10 Å². The number of hydrogen-bond donors (Lipinski definition) is 2. The number of amides is 1. The SMILES string of the molecule is CC(NCC(=O)Nc1ccnn1Cc1cccc(Cl)c1)c1ccccc1Cl. The minimum Gasteiger partial charge on any atom is -0.310 e. The van der Waals surface area contributed by atoms with Crippen LogP contribution in [0.2, 0.25) is 10.0 Å². The first kappa shape index (κ1) is 19.4. The quantitative estimate of drug-likeness (QED) is 0.610. The maximum absolute atomic E-state index is 12.3. The van der Waals surface area contributed by atoms with Crippen LogP contribution < -0.4 is 10.6 Å². The van der Waals surface area contributed by atoms with Crippen LogP contribution >= 0.6 is 23.2 Å². The number of hydrogen-bond acceptors (Lipinski definition) is 3. The maximum atomic E-state index is 12.3. The Morgan fingerprint density at radius 1 is 1.15 bits per heavy atom. The van der Waals surface area contributed by atoms with Gasteiger partial charge in [-0.25, -0.2) is 4.68 Å². The molecule has 2 aromatic carbocycles. The molecule has 27 heavy (non-hydrogen) atoms. The predicted octanol–water partition coefficient (Wildman–Crippen LogP) is 4.53. The summed E-state index contributed by atoms with van der Waals surface area (Å²) in [7, 11) is 0. The first-order chi connectivity index (χ1) is 13.0. The fraction of sp³-hybridized carbons (Fsp3) is 0.200. The molecule has 1 heterocycles. The van der Waals surface area contributed by atoms with Crippen molar-refractivity contribution in [3.8, 4) is 0 Å². The van der Waals surface area contributed by atoms with Crippen LogP contribution in [0.5, 0.6) is 0 Å². The lowest BCUT2D eigenvalue weighted by atomic mass is 10.1. The van der Waals surface area contributed by atoms with Gasteiger partial charge in [-0.3, -0.25) is 4.79 Å². The average molecular weight is 403 g/mol. The maximum Gasteiger partial charge on any atom is 0.239 e. The smallest absolute Gasteiger partial charge is 0.239 e. The van der Waals surface area contributed by atoms with Gasteiger partial charge in [0.2, 0.25) is 5.91 Å². The molecule has 1 atom stereocenters. The van der Waals surface area contributed by atoms with Gasteiger partial charge in [0.25, 0.3) is 0 Å². The second-order valence-electron chi connectivity index (χ2n) is 6.18. The van der Waals surface area contributed by atoms with Gasteiger partial charge in [-0.15, -0.1) is 0 Å². The van der Waals surface area contributed by atoms with Crippen LogP contribution in [0.4, 0.5) is 5.82 Å². The second-order valence-corrected chi connectivity index (χ2v) is 7.02. The molecule has 7 heteroatoms. The minimum absolute atomic E-state index is 0.0409. The van der Waals surface area contributed by atoms with E-state index in [0.29, 0.717) is 22.4 Å². The van der Waals surface area contributed by atoms with Crippen molar-refractivity contribution in [3.05, 3.63) is 82.0 Å². The van der Waals surface area contributed by atoms with Crippen molar-refractivity contribution < 1.29 is 4.79 Å². The third-order valence-corrected chi connectivity index (χ3v) is 4.73. The summed E-state index contributed by atoms with van der Waals surface area (Å²) < 4.78 is 1.72. The van der Waals surface area contributed by atoms with Crippen molar-refractivity contribution in [1.29, 1.82) is 0 Å². The highest BCUT2D eigenvalue weighted by Gasteiger charge is 2.12. The van der Waals surface area contributed by atoms with Crippen molar-refractivity contribution in [2.75, 3.05) is 11.9 Å². The summed E-state index contributed by atoms with van der Waals surface area (Å²) in [5.41, 5.74) is 1.96. The van der Waals surface area contributed by atoms with E-state index in [-0.39, 0.29) is 18.5 Å². The van der Waals surface area contributed by atoms with Crippen LogP contribution in [0.25, 0.3) is 0 Å². The summed E-state index contributed by atoms with van der Waals surface area (Å²) in [5.74, 6) is 0.480. The normalized spacial score (nSPS) is 12.0. The molecule has 3 rings (SSSR count). The highest BCUT2D eigenvalue weighted by atomic mass is 35.5. The van der Waals surface area contributed by atoms with Gasteiger partial charge in [-0.05, 0) is 36.2 Å². The molecule has 0 saturated carbocycles. The Hall–Kier alpha value is -2.34. The molecule has 0 radical (unpaired) electrons. The number of aromatic nitrogens is 2. The number of carbonyl (C=O) groups is 1. The molecule has 0 saturated heterocycles. The molecule has 1 unspecified atom stereocenters. The number of anilines is 1. The Bertz CT molecular complexity index is 926. The van der Waals surface area contributed by atoms with Gasteiger partial charge in [0.05, 0.1) is 19.3 Å². The van der Waals surface area contributed by atoms with Crippen molar-refractivity contribution in [2.45, 2.75) is 19.5 Å². The lowest BCUT2D eigenvalue weighted by Crippen LogP contribution is -2.31. The van der Waals surface area contributed by atoms with E-state index < -0.39 is 0 Å². The Labute approximate surface area is 168 Å². The second kappa shape index (κ2) is 9.04. The van der Waals surface area contributed by atoms with E-state index in [1.165, 1.54) is 0 Å². The zero-order valence-corrected chi connectivity index (χ0v) is 16.3. The Kier molecular flexibility index (Phi) is 6.50. The largest absolute Gasteiger partial charge is 0.310 e. The van der Waals surface area contributed by atoms with E-state index in [1.54, 1.807) is 16.9 Å². The van der Waals surface area contributed by atoms with E-state index in [1.807, 2.05) is 55.5 Å². The van der Waals surface area contributed by atoms with E-state index in [2.05, 4.69) is 15.7 Å². The van der Waals surface area contributed by atoms with Gasteiger partial charge in [-0.1, -0.05) is 53.5 Å². The van der Waals surface area contributed by atoms with Crippen LogP contribution in [-0.2, 0) is 11.3 Å². The fourth-order valence-electron chi connectivity index (χ4n) is 2.74. The number of nitrogens with zero attached hydrogens (tertiary/aromatic N) is 2. The molecule has 0 bridgehead atoms. The van der Waals surface area contributed by atoms with Crippen LogP contribution in [0.3, 0.4) is 0 Å². The molecule has 140 valence electrons. The molecule has 5 nitrogen and oxygen atoms in total. The zero-order valence-electron chi connectivity index (χ0n) is 14.8. The standard InChI is InChI=1S/C20H20Cl2N4O/c1-14(17-7-2-3-8-18(17)22)23-12-20(27)25-19-9-10-24-26(19)13-15-5-4-6-16(21)11-15/h2-11,14,23H,12-13H2,1H3,(H,25,27). The molecule has 0 aliphatic carbocycles. The molecule has 0 aliphatic rings. The molecule has 0 aliphatic heterocycles. The molecule has 2 N–H and O–H groups in total. The summed E-state index contributed by atoms with van der Waals surface area (Å²) in [6.07, 6.45) is 1.65. The Morgan fingerprint density at radius 2 is 1.96 bits per heavy atom. The lowest BCUT2D eigenvalue weighted by molar-refractivity contribution is -0.115. The molecule has 0 spiro atoms. The Morgan fingerprint density at radius 3 is 2.74 bits per heavy atom. The minimum atomic E-state index is -0.151. The highest BCUT2D eigenvalue weighted by Crippen LogP contribution is 2.22. The van der Waals surface area contributed by atoms with Crippen molar-refractivity contribution in [2.24, 2.45) is 0 Å². The van der Waals surface area contributed by atoms with E-state index in [9.17, 15) is 4.79 Å². The molecule has 1 aromatic heterocycles. The monoisotopic (exact) mass is 402 g/mol. The van der Waals surface area contributed by atoms with Gasteiger partial charge in [0.15, 0.2) is 0 Å². The molecule has 0 fully saturated rings. The number of rotatable bonds is 7. The molecule has 1 amide bonds.